The Hall–Kier alpha value is -1.29. The Kier molecular flexibility index (Phi) is 2.77. The van der Waals surface area contributed by atoms with Gasteiger partial charge >= 0.3 is 6.03 Å². The number of halogens is 1. The summed E-state index contributed by atoms with van der Waals surface area (Å²) < 4.78 is 0. The van der Waals surface area contributed by atoms with Gasteiger partial charge < -0.3 is 9.80 Å². The van der Waals surface area contributed by atoms with Crippen molar-refractivity contribution in [1.82, 2.24) is 14.8 Å². The maximum atomic E-state index is 11.6. The summed E-state index contributed by atoms with van der Waals surface area (Å²) in [7, 11) is 1.80. The van der Waals surface area contributed by atoms with Gasteiger partial charge in [0.25, 0.3) is 0 Å². The highest BCUT2D eigenvalue weighted by Gasteiger charge is 2.25. The van der Waals surface area contributed by atoms with E-state index in [4.69, 9.17) is 11.6 Å². The van der Waals surface area contributed by atoms with E-state index in [0.717, 1.165) is 18.7 Å². The zero-order valence-corrected chi connectivity index (χ0v) is 9.24. The molecule has 0 N–H and O–H groups in total. The van der Waals surface area contributed by atoms with Crippen LogP contribution >= 0.6 is 11.6 Å². The average molecular weight is 226 g/mol. The normalized spacial score (nSPS) is 16.3. The van der Waals surface area contributed by atoms with Crippen molar-refractivity contribution in [1.29, 1.82) is 0 Å². The van der Waals surface area contributed by atoms with Gasteiger partial charge in [-0.25, -0.2) is 9.78 Å². The molecule has 1 fully saturated rings. The SMILES string of the molecule is CN1CCN(Cc2cccnc2Cl)C1=O. The Morgan fingerprint density at radius 2 is 2.33 bits per heavy atom. The van der Waals surface area contributed by atoms with Crippen LogP contribution in [-0.4, -0.2) is 41.0 Å². The highest BCUT2D eigenvalue weighted by atomic mass is 35.5. The minimum atomic E-state index is 0.0509. The van der Waals surface area contributed by atoms with Crippen LogP contribution in [-0.2, 0) is 6.54 Å². The zero-order valence-electron chi connectivity index (χ0n) is 8.48. The van der Waals surface area contributed by atoms with Crippen molar-refractivity contribution in [2.24, 2.45) is 0 Å². The zero-order chi connectivity index (χ0) is 10.8. The van der Waals surface area contributed by atoms with Crippen LogP contribution in [0, 0.1) is 0 Å². The summed E-state index contributed by atoms with van der Waals surface area (Å²) in [5.74, 6) is 0. The van der Waals surface area contributed by atoms with E-state index < -0.39 is 0 Å². The molecule has 1 aliphatic rings. The summed E-state index contributed by atoms with van der Waals surface area (Å²) in [6.07, 6.45) is 1.64. The Morgan fingerprint density at radius 3 is 2.93 bits per heavy atom. The smallest absolute Gasteiger partial charge is 0.320 e. The van der Waals surface area contributed by atoms with Gasteiger partial charge in [-0.2, -0.15) is 0 Å². The molecule has 4 nitrogen and oxygen atoms in total. The molecule has 0 unspecified atom stereocenters. The molecule has 0 aromatic carbocycles. The van der Waals surface area contributed by atoms with Crippen molar-refractivity contribution >= 4 is 17.6 Å². The third-order valence-electron chi connectivity index (χ3n) is 2.50. The predicted octanol–water partition coefficient (Wildman–Crippen LogP) is 1.60. The lowest BCUT2D eigenvalue weighted by molar-refractivity contribution is 0.197. The van der Waals surface area contributed by atoms with Crippen molar-refractivity contribution < 1.29 is 4.79 Å². The van der Waals surface area contributed by atoms with Crippen LogP contribution in [0.3, 0.4) is 0 Å². The van der Waals surface area contributed by atoms with E-state index in [2.05, 4.69) is 4.98 Å². The van der Waals surface area contributed by atoms with Crippen LogP contribution in [0.25, 0.3) is 0 Å². The lowest BCUT2D eigenvalue weighted by Gasteiger charge is -2.16. The summed E-state index contributed by atoms with van der Waals surface area (Å²) in [4.78, 5) is 19.1. The van der Waals surface area contributed by atoms with Crippen LogP contribution in [0.1, 0.15) is 5.56 Å². The van der Waals surface area contributed by atoms with Gasteiger partial charge in [0.2, 0.25) is 0 Å². The number of nitrogens with zero attached hydrogens (tertiary/aromatic N) is 3. The van der Waals surface area contributed by atoms with E-state index in [1.165, 1.54) is 0 Å². The van der Waals surface area contributed by atoms with Crippen LogP contribution in [0.4, 0.5) is 4.79 Å². The third kappa shape index (κ3) is 2.04. The van der Waals surface area contributed by atoms with Gasteiger partial charge in [-0.1, -0.05) is 17.7 Å². The molecule has 0 atom stereocenters. The number of aromatic nitrogens is 1. The van der Waals surface area contributed by atoms with Crippen LogP contribution in [0.5, 0.6) is 0 Å². The third-order valence-corrected chi connectivity index (χ3v) is 2.84. The lowest BCUT2D eigenvalue weighted by atomic mass is 10.3. The number of urea groups is 1. The molecule has 1 saturated heterocycles. The molecule has 0 aliphatic carbocycles. The monoisotopic (exact) mass is 225 g/mol. The second-order valence-electron chi connectivity index (χ2n) is 3.58. The molecule has 2 rings (SSSR count). The number of hydrogen-bond acceptors (Lipinski definition) is 2. The number of carbonyl (C=O) groups excluding carboxylic acids is 1. The number of rotatable bonds is 2. The predicted molar refractivity (Wildman–Crippen MR) is 57.7 cm³/mol. The fourth-order valence-electron chi connectivity index (χ4n) is 1.59. The first-order chi connectivity index (χ1) is 7.18. The molecule has 0 radical (unpaired) electrons. The van der Waals surface area contributed by atoms with E-state index in [-0.39, 0.29) is 6.03 Å². The first kappa shape index (κ1) is 10.2. The molecule has 0 spiro atoms. The number of carbonyl (C=O) groups is 1. The molecular formula is C10H12ClN3O. The first-order valence-electron chi connectivity index (χ1n) is 4.78. The molecule has 15 heavy (non-hydrogen) atoms. The van der Waals surface area contributed by atoms with Gasteiger partial charge in [-0.05, 0) is 6.07 Å². The van der Waals surface area contributed by atoms with E-state index >= 15 is 0 Å². The van der Waals surface area contributed by atoms with Crippen molar-refractivity contribution in [3.63, 3.8) is 0 Å². The standard InChI is InChI=1S/C10H12ClN3O/c1-13-5-6-14(10(13)15)7-8-3-2-4-12-9(8)11/h2-4H,5-7H2,1H3. The molecular weight excluding hydrogens is 214 g/mol. The lowest BCUT2D eigenvalue weighted by Crippen LogP contribution is -2.29. The Morgan fingerprint density at radius 1 is 1.53 bits per heavy atom. The van der Waals surface area contributed by atoms with Gasteiger partial charge in [0.15, 0.2) is 0 Å². The number of likely N-dealkylation sites (N-methyl/N-ethyl adjacent to an activating group) is 1. The van der Waals surface area contributed by atoms with Crippen LogP contribution in [0.15, 0.2) is 18.3 Å². The van der Waals surface area contributed by atoms with Gasteiger partial charge in [-0.15, -0.1) is 0 Å². The minimum absolute atomic E-state index is 0.0509. The molecule has 1 aromatic heterocycles. The molecule has 5 heteroatoms. The van der Waals surface area contributed by atoms with E-state index in [1.807, 2.05) is 12.1 Å². The number of hydrogen-bond donors (Lipinski definition) is 0. The number of amides is 2. The minimum Gasteiger partial charge on any atom is -0.326 e. The Balaban J connectivity index is 2.10. The molecule has 2 heterocycles. The first-order valence-corrected chi connectivity index (χ1v) is 5.15. The average Bonchev–Trinajstić information content (AvgIpc) is 2.53. The van der Waals surface area contributed by atoms with Gasteiger partial charge in [0.05, 0.1) is 6.54 Å². The van der Waals surface area contributed by atoms with Crippen molar-refractivity contribution in [2.75, 3.05) is 20.1 Å². The fraction of sp³-hybridized carbons (Fsp3) is 0.400. The number of pyridine rings is 1. The van der Waals surface area contributed by atoms with Gasteiger partial charge in [-0.3, -0.25) is 0 Å². The summed E-state index contributed by atoms with van der Waals surface area (Å²) in [5.41, 5.74) is 0.891. The highest BCUT2D eigenvalue weighted by Crippen LogP contribution is 2.16. The summed E-state index contributed by atoms with van der Waals surface area (Å²) in [5, 5.41) is 0.472. The molecule has 80 valence electrons. The van der Waals surface area contributed by atoms with Crippen molar-refractivity contribution in [3.05, 3.63) is 29.0 Å². The maximum Gasteiger partial charge on any atom is 0.320 e. The van der Waals surface area contributed by atoms with Crippen LogP contribution in [0.2, 0.25) is 5.15 Å². The molecule has 2 amide bonds. The van der Waals surface area contributed by atoms with Crippen molar-refractivity contribution in [2.45, 2.75) is 6.54 Å². The molecule has 0 saturated carbocycles. The van der Waals surface area contributed by atoms with Gasteiger partial charge in [0, 0.05) is 31.9 Å². The van der Waals surface area contributed by atoms with Crippen LogP contribution < -0.4 is 0 Å². The van der Waals surface area contributed by atoms with E-state index in [0.29, 0.717) is 11.7 Å². The topological polar surface area (TPSA) is 36.4 Å². The summed E-state index contributed by atoms with van der Waals surface area (Å²) in [6.45, 7) is 2.06. The van der Waals surface area contributed by atoms with Gasteiger partial charge in [0.1, 0.15) is 5.15 Å². The second kappa shape index (κ2) is 4.06. The summed E-state index contributed by atoms with van der Waals surface area (Å²) >= 11 is 5.92. The molecule has 1 aliphatic heterocycles. The van der Waals surface area contributed by atoms with E-state index in [9.17, 15) is 4.79 Å². The van der Waals surface area contributed by atoms with Crippen molar-refractivity contribution in [3.8, 4) is 0 Å². The highest BCUT2D eigenvalue weighted by molar-refractivity contribution is 6.30. The Labute approximate surface area is 93.5 Å². The molecule has 0 bridgehead atoms. The summed E-state index contributed by atoms with van der Waals surface area (Å²) in [6, 6.07) is 3.77. The largest absolute Gasteiger partial charge is 0.326 e. The second-order valence-corrected chi connectivity index (χ2v) is 3.94. The maximum absolute atomic E-state index is 11.6. The molecule has 1 aromatic rings. The quantitative estimate of drug-likeness (QED) is 0.717. The Bertz CT molecular complexity index is 383. The fourth-order valence-corrected chi connectivity index (χ4v) is 1.77. The van der Waals surface area contributed by atoms with E-state index in [1.54, 1.807) is 23.0 Å².